The van der Waals surface area contributed by atoms with Crippen molar-refractivity contribution in [3.63, 3.8) is 0 Å². The molecule has 0 heterocycles. The largest absolute Gasteiger partial charge is 0.482 e. The van der Waals surface area contributed by atoms with Gasteiger partial charge in [-0.2, -0.15) is 0 Å². The second-order valence-electron chi connectivity index (χ2n) is 5.14. The fourth-order valence-corrected chi connectivity index (χ4v) is 2.84. The van der Waals surface area contributed by atoms with Gasteiger partial charge in [0.15, 0.2) is 12.4 Å². The molecule has 4 nitrogen and oxygen atoms in total. The molecule has 0 saturated carbocycles. The van der Waals surface area contributed by atoms with Gasteiger partial charge in [-0.1, -0.05) is 25.4 Å². The van der Waals surface area contributed by atoms with Gasteiger partial charge in [-0.3, -0.25) is 4.79 Å². The van der Waals surface area contributed by atoms with E-state index in [-0.39, 0.29) is 16.7 Å². The van der Waals surface area contributed by atoms with Crippen molar-refractivity contribution in [3.05, 3.63) is 28.3 Å². The molecule has 0 aliphatic heterocycles. The number of aliphatic carboxylic acids is 1. The van der Waals surface area contributed by atoms with Gasteiger partial charge in [0.1, 0.15) is 10.6 Å². The lowest BCUT2D eigenvalue weighted by molar-refractivity contribution is -0.139. The third-order valence-corrected chi connectivity index (χ3v) is 4.51. The van der Waals surface area contributed by atoms with Crippen LogP contribution >= 0.6 is 23.2 Å². The van der Waals surface area contributed by atoms with E-state index >= 15 is 0 Å². The van der Waals surface area contributed by atoms with Crippen molar-refractivity contribution < 1.29 is 19.4 Å². The molecule has 108 valence electrons. The number of hydrogen-bond donors (Lipinski definition) is 1. The van der Waals surface area contributed by atoms with E-state index in [1.54, 1.807) is 6.07 Å². The van der Waals surface area contributed by atoms with E-state index < -0.39 is 17.5 Å². The number of Topliss-reactive ketones (excluding diaryl/α,β-unsaturated/α-hetero) is 1. The van der Waals surface area contributed by atoms with Crippen molar-refractivity contribution >= 4 is 35.0 Å². The molecule has 0 amide bonds. The van der Waals surface area contributed by atoms with Gasteiger partial charge in [0.2, 0.25) is 0 Å². The van der Waals surface area contributed by atoms with E-state index in [4.69, 9.17) is 33.0 Å². The zero-order valence-electron chi connectivity index (χ0n) is 11.1. The maximum atomic E-state index is 12.4. The molecule has 1 aliphatic rings. The van der Waals surface area contributed by atoms with Crippen LogP contribution in [0.1, 0.15) is 29.8 Å². The number of carbonyl (C=O) groups is 2. The highest BCUT2D eigenvalue weighted by atomic mass is 35.5. The summed E-state index contributed by atoms with van der Waals surface area (Å²) in [5.41, 5.74) is 1.12. The molecular formula is C14H14Cl2O4. The number of carboxylic acids is 1. The van der Waals surface area contributed by atoms with Gasteiger partial charge >= 0.3 is 5.97 Å². The van der Waals surface area contributed by atoms with E-state index in [2.05, 4.69) is 0 Å². The minimum Gasteiger partial charge on any atom is -0.482 e. The van der Waals surface area contributed by atoms with E-state index in [1.165, 1.54) is 6.07 Å². The van der Waals surface area contributed by atoms with Crippen LogP contribution in [0.4, 0.5) is 0 Å². The molecule has 1 N–H and O–H groups in total. The number of carboxylic acid groups (broad SMARTS) is 1. The highest BCUT2D eigenvalue weighted by molar-refractivity contribution is 6.43. The molecule has 1 unspecified atom stereocenters. The summed E-state index contributed by atoms with van der Waals surface area (Å²) in [4.78, 5) is 21.9. The molecule has 1 atom stereocenters. The van der Waals surface area contributed by atoms with Crippen molar-refractivity contribution in [2.24, 2.45) is 5.92 Å². The lowest BCUT2D eigenvalue weighted by atomic mass is 9.91. The van der Waals surface area contributed by atoms with Gasteiger partial charge in [0.25, 0.3) is 0 Å². The molecule has 20 heavy (non-hydrogen) atoms. The number of fused-ring (bicyclic) bond motifs is 1. The minimum atomic E-state index is -1.08. The van der Waals surface area contributed by atoms with Crippen molar-refractivity contribution in [2.45, 2.75) is 25.1 Å². The fraction of sp³-hybridized carbons (Fsp3) is 0.429. The van der Waals surface area contributed by atoms with Gasteiger partial charge in [-0.05, 0) is 23.6 Å². The number of carbonyl (C=O) groups excluding carboxylic acids is 1. The summed E-state index contributed by atoms with van der Waals surface area (Å²) in [7, 11) is 0. The number of hydrogen-bond acceptors (Lipinski definition) is 3. The van der Waals surface area contributed by atoms with Crippen LogP contribution in [0.5, 0.6) is 5.75 Å². The second kappa shape index (κ2) is 5.26. The molecule has 0 fully saturated rings. The van der Waals surface area contributed by atoms with Crippen LogP contribution in [-0.2, 0) is 11.2 Å². The number of alkyl halides is 1. The van der Waals surface area contributed by atoms with Crippen LogP contribution in [0.15, 0.2) is 12.1 Å². The van der Waals surface area contributed by atoms with Crippen molar-refractivity contribution in [1.29, 1.82) is 0 Å². The van der Waals surface area contributed by atoms with Gasteiger partial charge in [0.05, 0.1) is 5.02 Å². The molecule has 1 aliphatic carbocycles. The average molecular weight is 317 g/mol. The first-order chi connectivity index (χ1) is 9.25. The molecule has 0 radical (unpaired) electrons. The Morgan fingerprint density at radius 1 is 1.50 bits per heavy atom. The molecule has 1 aromatic rings. The minimum absolute atomic E-state index is 0.0384. The quantitative estimate of drug-likeness (QED) is 0.866. The SMILES string of the molecule is CC(C)C1(Cl)Cc2cc(OCC(=O)O)cc(Cl)c2C1=O. The zero-order valence-corrected chi connectivity index (χ0v) is 12.6. The summed E-state index contributed by atoms with van der Waals surface area (Å²) in [6.07, 6.45) is 0.365. The molecular weight excluding hydrogens is 303 g/mol. The molecule has 0 bridgehead atoms. The monoisotopic (exact) mass is 316 g/mol. The van der Waals surface area contributed by atoms with E-state index in [9.17, 15) is 9.59 Å². The summed E-state index contributed by atoms with van der Waals surface area (Å²) in [5, 5.41) is 8.85. The van der Waals surface area contributed by atoms with Crippen LogP contribution in [0, 0.1) is 5.92 Å². The Kier molecular flexibility index (Phi) is 3.98. The molecule has 6 heteroatoms. The van der Waals surface area contributed by atoms with Crippen LogP contribution < -0.4 is 4.74 Å². The van der Waals surface area contributed by atoms with Crippen molar-refractivity contribution in [1.82, 2.24) is 0 Å². The van der Waals surface area contributed by atoms with E-state index in [1.807, 2.05) is 13.8 Å². The summed E-state index contributed by atoms with van der Waals surface area (Å²) in [6.45, 7) is 3.30. The molecule has 0 spiro atoms. The van der Waals surface area contributed by atoms with Gasteiger partial charge in [-0.15, -0.1) is 11.6 Å². The Bertz CT molecular complexity index is 583. The summed E-state index contributed by atoms with van der Waals surface area (Å²) in [5.74, 6) is -0.970. The normalized spacial score (nSPS) is 21.1. The third-order valence-electron chi connectivity index (χ3n) is 3.48. The number of ether oxygens (including phenoxy) is 1. The van der Waals surface area contributed by atoms with Gasteiger partial charge < -0.3 is 9.84 Å². The molecule has 1 aromatic carbocycles. The Balaban J connectivity index is 2.37. The van der Waals surface area contributed by atoms with Gasteiger partial charge in [0, 0.05) is 12.0 Å². The standard InChI is InChI=1S/C14H14Cl2O4/c1-7(2)14(16)5-8-3-9(20-6-11(17)18)4-10(15)12(8)13(14)19/h3-4,7H,5-6H2,1-2H3,(H,17,18). The van der Waals surface area contributed by atoms with Gasteiger partial charge in [-0.25, -0.2) is 4.79 Å². The Morgan fingerprint density at radius 3 is 2.70 bits per heavy atom. The Hall–Kier alpha value is -1.26. The number of benzene rings is 1. The number of rotatable bonds is 4. The Labute approximate surface area is 126 Å². The van der Waals surface area contributed by atoms with Crippen molar-refractivity contribution in [3.8, 4) is 5.75 Å². The first-order valence-corrected chi connectivity index (χ1v) is 6.92. The summed E-state index contributed by atoms with van der Waals surface area (Å²) in [6, 6.07) is 3.08. The van der Waals surface area contributed by atoms with E-state index in [0.29, 0.717) is 23.3 Å². The topological polar surface area (TPSA) is 63.6 Å². The highest BCUT2D eigenvalue weighted by Crippen LogP contribution is 2.44. The first kappa shape index (κ1) is 15.1. The van der Waals surface area contributed by atoms with Crippen LogP contribution in [0.25, 0.3) is 0 Å². The molecule has 0 aromatic heterocycles. The summed E-state index contributed by atoms with van der Waals surface area (Å²) >= 11 is 12.5. The summed E-state index contributed by atoms with van der Waals surface area (Å²) < 4.78 is 5.10. The molecule has 0 saturated heterocycles. The fourth-order valence-electron chi connectivity index (χ4n) is 2.29. The zero-order chi connectivity index (χ0) is 15.1. The molecule has 2 rings (SSSR count). The van der Waals surface area contributed by atoms with E-state index in [0.717, 1.165) is 0 Å². The average Bonchev–Trinajstić information content (AvgIpc) is 2.60. The maximum absolute atomic E-state index is 12.4. The maximum Gasteiger partial charge on any atom is 0.341 e. The van der Waals surface area contributed by atoms with Crippen molar-refractivity contribution in [2.75, 3.05) is 6.61 Å². The smallest absolute Gasteiger partial charge is 0.341 e. The van der Waals surface area contributed by atoms with Crippen LogP contribution in [-0.4, -0.2) is 28.3 Å². The first-order valence-electron chi connectivity index (χ1n) is 6.16. The number of halogens is 2. The lowest BCUT2D eigenvalue weighted by Gasteiger charge is -2.23. The second-order valence-corrected chi connectivity index (χ2v) is 6.23. The predicted molar refractivity (Wildman–Crippen MR) is 76.0 cm³/mol. The highest BCUT2D eigenvalue weighted by Gasteiger charge is 2.47. The number of ketones is 1. The van der Waals surface area contributed by atoms with Crippen LogP contribution in [0.2, 0.25) is 5.02 Å². The predicted octanol–water partition coefficient (Wildman–Crippen LogP) is 3.18. The Morgan fingerprint density at radius 2 is 2.15 bits per heavy atom. The van der Waals surface area contributed by atoms with Crippen LogP contribution in [0.3, 0.4) is 0 Å². The lowest BCUT2D eigenvalue weighted by Crippen LogP contribution is -2.35. The third kappa shape index (κ3) is 2.50.